The Morgan fingerprint density at radius 2 is 1.57 bits per heavy atom. The van der Waals surface area contributed by atoms with Gasteiger partial charge in [0.1, 0.15) is 0 Å². The highest BCUT2D eigenvalue weighted by atomic mass is 16.6. The standard InChI is InChI=1S/C20H23N3O5/c1-11(2)22(12(3)4)19(24)15-9-16(21)18(17(10-15)23(27)28)13-5-7-14(8-6-13)20(25)26/h5-12H,21H2,1-4H3,(H,25,26). The number of nitrogens with two attached hydrogens (primary N) is 1. The number of benzene rings is 2. The minimum Gasteiger partial charge on any atom is -0.478 e. The Morgan fingerprint density at radius 3 is 2.00 bits per heavy atom. The Morgan fingerprint density at radius 1 is 1.04 bits per heavy atom. The van der Waals surface area contributed by atoms with E-state index in [4.69, 9.17) is 10.8 Å². The van der Waals surface area contributed by atoms with Crippen LogP contribution in [0.25, 0.3) is 11.1 Å². The number of nitro groups is 1. The maximum Gasteiger partial charge on any atom is 0.335 e. The molecule has 0 aromatic heterocycles. The second-order valence-electron chi connectivity index (χ2n) is 7.00. The Hall–Kier alpha value is -3.42. The fourth-order valence-corrected chi connectivity index (χ4v) is 3.22. The van der Waals surface area contributed by atoms with Crippen LogP contribution in [0.15, 0.2) is 36.4 Å². The van der Waals surface area contributed by atoms with Gasteiger partial charge < -0.3 is 15.7 Å². The van der Waals surface area contributed by atoms with Crippen LogP contribution in [0.3, 0.4) is 0 Å². The summed E-state index contributed by atoms with van der Waals surface area (Å²) in [6, 6.07) is 8.08. The van der Waals surface area contributed by atoms with E-state index in [1.165, 1.54) is 36.4 Å². The van der Waals surface area contributed by atoms with Gasteiger partial charge in [0, 0.05) is 29.4 Å². The molecule has 0 aliphatic rings. The van der Waals surface area contributed by atoms with Gasteiger partial charge in [0.15, 0.2) is 0 Å². The molecule has 2 rings (SSSR count). The van der Waals surface area contributed by atoms with E-state index in [9.17, 15) is 19.7 Å². The van der Waals surface area contributed by atoms with E-state index in [2.05, 4.69) is 0 Å². The monoisotopic (exact) mass is 385 g/mol. The van der Waals surface area contributed by atoms with Gasteiger partial charge in [-0.1, -0.05) is 12.1 Å². The third kappa shape index (κ3) is 4.11. The van der Waals surface area contributed by atoms with Crippen molar-refractivity contribution in [3.05, 3.63) is 57.6 Å². The molecule has 0 saturated heterocycles. The van der Waals surface area contributed by atoms with Gasteiger partial charge in [0.2, 0.25) is 0 Å². The number of nitrogens with zero attached hydrogens (tertiary/aromatic N) is 2. The van der Waals surface area contributed by atoms with Crippen molar-refractivity contribution in [3.63, 3.8) is 0 Å². The van der Waals surface area contributed by atoms with Gasteiger partial charge in [-0.3, -0.25) is 14.9 Å². The zero-order valence-corrected chi connectivity index (χ0v) is 16.2. The number of carbonyl (C=O) groups excluding carboxylic acids is 1. The number of carboxylic acids is 1. The lowest BCUT2D eigenvalue weighted by Gasteiger charge is -2.31. The first kappa shape index (κ1) is 20.9. The van der Waals surface area contributed by atoms with Crippen LogP contribution in [0.2, 0.25) is 0 Å². The number of hydrogen-bond donors (Lipinski definition) is 2. The molecule has 1 amide bonds. The van der Waals surface area contributed by atoms with Gasteiger partial charge in [-0.25, -0.2) is 4.79 Å². The Balaban J connectivity index is 2.60. The van der Waals surface area contributed by atoms with Crippen molar-refractivity contribution in [1.29, 1.82) is 0 Å². The number of nitro benzene ring substituents is 1. The molecule has 2 aromatic carbocycles. The van der Waals surface area contributed by atoms with E-state index in [1.807, 2.05) is 27.7 Å². The van der Waals surface area contributed by atoms with Crippen molar-refractivity contribution in [2.75, 3.05) is 5.73 Å². The molecule has 2 aromatic rings. The number of aromatic carboxylic acids is 1. The lowest BCUT2D eigenvalue weighted by molar-refractivity contribution is -0.384. The molecule has 148 valence electrons. The number of anilines is 1. The fraction of sp³-hybridized carbons (Fsp3) is 0.300. The molecule has 0 unspecified atom stereocenters. The van der Waals surface area contributed by atoms with Crippen molar-refractivity contribution in [2.45, 2.75) is 39.8 Å². The molecule has 28 heavy (non-hydrogen) atoms. The molecule has 8 heteroatoms. The largest absolute Gasteiger partial charge is 0.478 e. The van der Waals surface area contributed by atoms with Crippen LogP contribution in [-0.2, 0) is 0 Å². The third-order valence-electron chi connectivity index (χ3n) is 4.36. The smallest absolute Gasteiger partial charge is 0.335 e. The van der Waals surface area contributed by atoms with Gasteiger partial charge in [-0.2, -0.15) is 0 Å². The first-order valence-corrected chi connectivity index (χ1v) is 8.78. The summed E-state index contributed by atoms with van der Waals surface area (Å²) in [5.74, 6) is -1.44. The summed E-state index contributed by atoms with van der Waals surface area (Å²) in [6.45, 7) is 7.48. The Bertz CT molecular complexity index is 912. The van der Waals surface area contributed by atoms with Crippen molar-refractivity contribution in [1.82, 2.24) is 4.90 Å². The first-order valence-electron chi connectivity index (χ1n) is 8.78. The van der Waals surface area contributed by atoms with Crippen LogP contribution >= 0.6 is 0 Å². The summed E-state index contributed by atoms with van der Waals surface area (Å²) in [5, 5.41) is 20.7. The molecule has 0 atom stereocenters. The molecule has 0 spiro atoms. The Labute approximate surface area is 162 Å². The number of rotatable bonds is 6. The third-order valence-corrected chi connectivity index (χ3v) is 4.36. The van der Waals surface area contributed by atoms with Gasteiger partial charge in [0.25, 0.3) is 11.6 Å². The van der Waals surface area contributed by atoms with Crippen LogP contribution in [0, 0.1) is 10.1 Å². The van der Waals surface area contributed by atoms with Gasteiger partial charge in [0.05, 0.1) is 16.1 Å². The molecular formula is C20H23N3O5. The lowest BCUT2D eigenvalue weighted by Crippen LogP contribution is -2.42. The molecule has 8 nitrogen and oxygen atoms in total. The number of carbonyl (C=O) groups is 2. The molecule has 0 aliphatic heterocycles. The van der Waals surface area contributed by atoms with Gasteiger partial charge >= 0.3 is 5.97 Å². The van der Waals surface area contributed by atoms with Gasteiger partial charge in [-0.15, -0.1) is 0 Å². The molecule has 0 radical (unpaired) electrons. The minimum atomic E-state index is -1.10. The number of carboxylic acid groups (broad SMARTS) is 1. The molecular weight excluding hydrogens is 362 g/mol. The normalized spacial score (nSPS) is 10.9. The predicted molar refractivity (Wildman–Crippen MR) is 106 cm³/mol. The maximum absolute atomic E-state index is 12.9. The van der Waals surface area contributed by atoms with E-state index in [0.29, 0.717) is 5.56 Å². The minimum absolute atomic E-state index is 0.0567. The summed E-state index contributed by atoms with van der Waals surface area (Å²) in [5.41, 5.74) is 6.60. The van der Waals surface area contributed by atoms with Crippen molar-refractivity contribution in [2.24, 2.45) is 0 Å². The van der Waals surface area contributed by atoms with E-state index in [-0.39, 0.29) is 46.1 Å². The molecule has 0 saturated carbocycles. The highest BCUT2D eigenvalue weighted by Crippen LogP contribution is 2.37. The fourth-order valence-electron chi connectivity index (χ4n) is 3.22. The predicted octanol–water partition coefficient (Wildman–Crippen LogP) is 3.80. The molecule has 0 heterocycles. The zero-order valence-electron chi connectivity index (χ0n) is 16.2. The van der Waals surface area contributed by atoms with E-state index < -0.39 is 10.9 Å². The van der Waals surface area contributed by atoms with E-state index in [1.54, 1.807) is 4.90 Å². The number of amides is 1. The lowest BCUT2D eigenvalue weighted by atomic mass is 9.97. The zero-order chi connectivity index (χ0) is 21.2. The van der Waals surface area contributed by atoms with Crippen LogP contribution in [-0.4, -0.2) is 38.9 Å². The summed E-state index contributed by atoms with van der Waals surface area (Å²) in [4.78, 5) is 36.6. The highest BCUT2D eigenvalue weighted by Gasteiger charge is 2.27. The van der Waals surface area contributed by atoms with Crippen LogP contribution < -0.4 is 5.73 Å². The average molecular weight is 385 g/mol. The van der Waals surface area contributed by atoms with Crippen molar-refractivity contribution in [3.8, 4) is 11.1 Å². The molecule has 0 aliphatic carbocycles. The second-order valence-corrected chi connectivity index (χ2v) is 7.00. The van der Waals surface area contributed by atoms with Crippen molar-refractivity contribution < 1.29 is 19.6 Å². The van der Waals surface area contributed by atoms with E-state index >= 15 is 0 Å². The first-order chi connectivity index (χ1) is 13.0. The van der Waals surface area contributed by atoms with Gasteiger partial charge in [-0.05, 0) is 51.5 Å². The van der Waals surface area contributed by atoms with Crippen LogP contribution in [0.1, 0.15) is 48.4 Å². The summed E-state index contributed by atoms with van der Waals surface area (Å²) in [7, 11) is 0. The summed E-state index contributed by atoms with van der Waals surface area (Å²) >= 11 is 0. The number of hydrogen-bond acceptors (Lipinski definition) is 5. The van der Waals surface area contributed by atoms with Crippen LogP contribution in [0.4, 0.5) is 11.4 Å². The topological polar surface area (TPSA) is 127 Å². The molecule has 0 bridgehead atoms. The number of nitrogen functional groups attached to an aromatic ring is 1. The quantitative estimate of drug-likeness (QED) is 0.442. The highest BCUT2D eigenvalue weighted by molar-refractivity contribution is 5.99. The maximum atomic E-state index is 12.9. The summed E-state index contributed by atoms with van der Waals surface area (Å²) < 4.78 is 0. The van der Waals surface area contributed by atoms with Crippen LogP contribution in [0.5, 0.6) is 0 Å². The second kappa shape index (κ2) is 8.08. The summed E-state index contributed by atoms with van der Waals surface area (Å²) in [6.07, 6.45) is 0. The van der Waals surface area contributed by atoms with Crippen molar-refractivity contribution >= 4 is 23.3 Å². The Kier molecular flexibility index (Phi) is 6.03. The SMILES string of the molecule is CC(C)N(C(=O)c1cc(N)c(-c2ccc(C(=O)O)cc2)c([N+](=O)[O-])c1)C(C)C. The molecule has 0 fully saturated rings. The molecule has 3 N–H and O–H groups in total. The van der Waals surface area contributed by atoms with E-state index in [0.717, 1.165) is 0 Å². The average Bonchev–Trinajstić information content (AvgIpc) is 2.60.